The van der Waals surface area contributed by atoms with E-state index in [-0.39, 0.29) is 11.9 Å². The van der Waals surface area contributed by atoms with E-state index >= 15 is 0 Å². The average molecular weight is 392 g/mol. The summed E-state index contributed by atoms with van der Waals surface area (Å²) in [4.78, 5) is 30.9. The second-order valence-corrected chi connectivity index (χ2v) is 7.23. The fourth-order valence-electron chi connectivity index (χ4n) is 3.72. The van der Waals surface area contributed by atoms with Crippen molar-refractivity contribution in [1.29, 1.82) is 0 Å². The van der Waals surface area contributed by atoms with Gasteiger partial charge in [-0.3, -0.25) is 4.79 Å². The van der Waals surface area contributed by atoms with Crippen LogP contribution in [-0.2, 0) is 27.3 Å². The van der Waals surface area contributed by atoms with Gasteiger partial charge < -0.3 is 19.5 Å². The van der Waals surface area contributed by atoms with Crippen LogP contribution < -0.4 is 5.48 Å². The van der Waals surface area contributed by atoms with Gasteiger partial charge in [-0.15, -0.1) is 0 Å². The maximum absolute atomic E-state index is 12.4. The van der Waals surface area contributed by atoms with Crippen molar-refractivity contribution in [3.63, 3.8) is 0 Å². The lowest BCUT2D eigenvalue weighted by Crippen LogP contribution is -2.43. The largest absolute Gasteiger partial charge is 0.465 e. The first-order valence-electron chi connectivity index (χ1n) is 9.76. The molecule has 8 heteroatoms. The van der Waals surface area contributed by atoms with Crippen LogP contribution in [0.4, 0.5) is 4.79 Å². The molecule has 1 aromatic carbocycles. The smallest absolute Gasteiger partial charge is 0.407 e. The zero-order valence-electron chi connectivity index (χ0n) is 16.2. The summed E-state index contributed by atoms with van der Waals surface area (Å²) in [6.45, 7) is 1.57. The summed E-state index contributed by atoms with van der Waals surface area (Å²) >= 11 is 0. The molecular formula is C20H28N2O6. The van der Waals surface area contributed by atoms with E-state index in [1.807, 2.05) is 12.1 Å². The number of hydroxylamine groups is 1. The van der Waals surface area contributed by atoms with Gasteiger partial charge in [0.05, 0.1) is 0 Å². The molecule has 2 aliphatic rings. The van der Waals surface area contributed by atoms with Gasteiger partial charge in [-0.1, -0.05) is 6.07 Å². The molecule has 1 saturated heterocycles. The number of hydrogen-bond donors (Lipinski definition) is 2. The molecule has 0 saturated carbocycles. The summed E-state index contributed by atoms with van der Waals surface area (Å²) in [5.41, 5.74) is 4.90. The zero-order valence-corrected chi connectivity index (χ0v) is 16.2. The van der Waals surface area contributed by atoms with E-state index in [0.29, 0.717) is 31.7 Å². The van der Waals surface area contributed by atoms with Crippen molar-refractivity contribution in [1.82, 2.24) is 10.4 Å². The lowest BCUT2D eigenvalue weighted by atomic mass is 9.90. The van der Waals surface area contributed by atoms with E-state index in [2.05, 4.69) is 5.48 Å². The Hall–Kier alpha value is -2.16. The second kappa shape index (κ2) is 9.86. The third kappa shape index (κ3) is 5.21. The quantitative estimate of drug-likeness (QED) is 0.547. The Bertz CT molecular complexity index is 689. The van der Waals surface area contributed by atoms with Gasteiger partial charge >= 0.3 is 6.09 Å². The number of carbonyl (C=O) groups is 2. The minimum atomic E-state index is -0.921. The van der Waals surface area contributed by atoms with Crippen LogP contribution in [0.3, 0.4) is 0 Å². The van der Waals surface area contributed by atoms with Gasteiger partial charge in [-0.25, -0.2) is 15.1 Å². The van der Waals surface area contributed by atoms with Crippen LogP contribution in [0.15, 0.2) is 18.2 Å². The van der Waals surface area contributed by atoms with Crippen LogP contribution in [0.2, 0.25) is 0 Å². The van der Waals surface area contributed by atoms with E-state index in [4.69, 9.17) is 14.3 Å². The molecule has 3 rings (SSSR count). The topological polar surface area (TPSA) is 97.3 Å². The van der Waals surface area contributed by atoms with Crippen LogP contribution >= 0.6 is 0 Å². The number of amides is 2. The Morgan fingerprint density at radius 2 is 2.18 bits per heavy atom. The van der Waals surface area contributed by atoms with Gasteiger partial charge in [0.15, 0.2) is 6.29 Å². The maximum Gasteiger partial charge on any atom is 0.407 e. The Morgan fingerprint density at radius 3 is 2.89 bits per heavy atom. The van der Waals surface area contributed by atoms with E-state index in [1.165, 1.54) is 4.90 Å². The molecule has 0 aliphatic carbocycles. The third-order valence-corrected chi connectivity index (χ3v) is 5.26. The second-order valence-electron chi connectivity index (χ2n) is 7.23. The van der Waals surface area contributed by atoms with Crippen LogP contribution in [0.1, 0.15) is 53.6 Å². The summed E-state index contributed by atoms with van der Waals surface area (Å²) < 4.78 is 10.5. The minimum absolute atomic E-state index is 0.120. The number of carboxylic acid groups (broad SMARTS) is 1. The number of methoxy groups -OCH3 is 1. The van der Waals surface area contributed by atoms with Crippen molar-refractivity contribution in [2.45, 2.75) is 57.4 Å². The molecule has 1 fully saturated rings. The van der Waals surface area contributed by atoms with Crippen molar-refractivity contribution in [3.8, 4) is 0 Å². The maximum atomic E-state index is 12.4. The van der Waals surface area contributed by atoms with E-state index in [0.717, 1.165) is 43.2 Å². The van der Waals surface area contributed by atoms with Crippen molar-refractivity contribution in [2.24, 2.45) is 0 Å². The SMILES string of the molecule is COCCCC1Cc2cc(C(=O)NOC3CCCCO3)ccc2CN1C(=O)O. The van der Waals surface area contributed by atoms with Gasteiger partial charge in [0.1, 0.15) is 0 Å². The molecule has 2 unspecified atom stereocenters. The number of nitrogens with one attached hydrogen (secondary N) is 1. The van der Waals surface area contributed by atoms with Gasteiger partial charge in [0.2, 0.25) is 0 Å². The van der Waals surface area contributed by atoms with Crippen LogP contribution in [0.5, 0.6) is 0 Å². The first-order chi connectivity index (χ1) is 13.6. The van der Waals surface area contributed by atoms with Crippen LogP contribution in [-0.4, -0.2) is 54.7 Å². The van der Waals surface area contributed by atoms with Crippen molar-refractivity contribution < 1.29 is 29.0 Å². The first-order valence-corrected chi connectivity index (χ1v) is 9.76. The highest BCUT2D eigenvalue weighted by Crippen LogP contribution is 2.27. The molecule has 0 bridgehead atoms. The van der Waals surface area contributed by atoms with Crippen LogP contribution in [0, 0.1) is 0 Å². The molecule has 2 amide bonds. The summed E-state index contributed by atoms with van der Waals surface area (Å²) in [6, 6.07) is 5.23. The monoisotopic (exact) mass is 392 g/mol. The van der Waals surface area contributed by atoms with Crippen LogP contribution in [0.25, 0.3) is 0 Å². The fraction of sp³-hybridized carbons (Fsp3) is 0.600. The van der Waals surface area contributed by atoms with E-state index in [1.54, 1.807) is 13.2 Å². The number of benzene rings is 1. The highest BCUT2D eigenvalue weighted by atomic mass is 16.8. The molecule has 0 aromatic heterocycles. The van der Waals surface area contributed by atoms with Crippen molar-refractivity contribution in [3.05, 3.63) is 34.9 Å². The number of nitrogens with zero attached hydrogens (tertiary/aromatic N) is 1. The minimum Gasteiger partial charge on any atom is -0.465 e. The highest BCUT2D eigenvalue weighted by Gasteiger charge is 2.29. The summed E-state index contributed by atoms with van der Waals surface area (Å²) in [5.74, 6) is -0.325. The summed E-state index contributed by atoms with van der Waals surface area (Å²) in [6.07, 6.45) is 3.56. The zero-order chi connectivity index (χ0) is 19.9. The molecule has 2 atom stereocenters. The molecule has 0 spiro atoms. The summed E-state index contributed by atoms with van der Waals surface area (Å²) in [5, 5.41) is 9.53. The number of hydrogen-bond acceptors (Lipinski definition) is 5. The molecule has 154 valence electrons. The van der Waals surface area contributed by atoms with Crippen molar-refractivity contribution >= 4 is 12.0 Å². The number of rotatable bonds is 7. The number of carbonyl (C=O) groups excluding carboxylic acids is 1. The molecule has 1 aromatic rings. The predicted octanol–water partition coefficient (Wildman–Crippen LogP) is 2.71. The van der Waals surface area contributed by atoms with Gasteiger partial charge in [-0.05, 0) is 55.4 Å². The number of ether oxygens (including phenoxy) is 2. The summed E-state index contributed by atoms with van der Waals surface area (Å²) in [7, 11) is 1.64. The van der Waals surface area contributed by atoms with E-state index in [9.17, 15) is 14.7 Å². The normalized spacial score (nSPS) is 21.8. The fourth-order valence-corrected chi connectivity index (χ4v) is 3.72. The lowest BCUT2D eigenvalue weighted by molar-refractivity contribution is -0.186. The standard InChI is InChI=1S/C20H28N2O6/c1-26-9-4-5-17-12-16-11-14(7-8-15(16)13-22(17)20(24)25)19(23)21-28-18-6-2-3-10-27-18/h7-8,11,17-18H,2-6,9-10,12-13H2,1H3,(H,21,23)(H,24,25). The molecule has 8 nitrogen and oxygen atoms in total. The molecular weight excluding hydrogens is 364 g/mol. The number of fused-ring (bicyclic) bond motifs is 1. The molecule has 0 radical (unpaired) electrons. The third-order valence-electron chi connectivity index (χ3n) is 5.26. The van der Waals surface area contributed by atoms with Gasteiger partial charge in [-0.2, -0.15) is 0 Å². The van der Waals surface area contributed by atoms with E-state index < -0.39 is 12.4 Å². The molecule has 2 heterocycles. The Kier molecular flexibility index (Phi) is 7.24. The van der Waals surface area contributed by atoms with Crippen molar-refractivity contribution in [2.75, 3.05) is 20.3 Å². The first kappa shape index (κ1) is 20.6. The Labute approximate surface area is 164 Å². The Balaban J connectivity index is 1.65. The lowest BCUT2D eigenvalue weighted by Gasteiger charge is -2.35. The van der Waals surface area contributed by atoms with Gasteiger partial charge in [0, 0.05) is 44.9 Å². The average Bonchev–Trinajstić information content (AvgIpc) is 2.72. The Morgan fingerprint density at radius 1 is 1.32 bits per heavy atom. The molecule has 28 heavy (non-hydrogen) atoms. The molecule has 2 N–H and O–H groups in total. The predicted molar refractivity (Wildman–Crippen MR) is 101 cm³/mol. The highest BCUT2D eigenvalue weighted by molar-refractivity contribution is 5.93. The molecule has 2 aliphatic heterocycles. The van der Waals surface area contributed by atoms with Gasteiger partial charge in [0.25, 0.3) is 5.91 Å².